The molecule has 6 rings (SSSR count). The number of hydrogen-bond donors (Lipinski definition) is 2. The van der Waals surface area contributed by atoms with Crippen LogP contribution in [0.2, 0.25) is 5.02 Å². The standard InChI is InChI=1S/C17H21ClN4O2.C15H19N5O3/c1-3-16(23)22(4-2)13-7-14(18)17-15(8-13)21(5-6-24-17)10-12-9-19-11-20-12;1-3-20(15(21)22-2)13-5-4-12-14(18-13)19(6-7-23-12)9-11-8-16-10-17-11/h7-9,11H,3-6,10H2,1-2H3,(H,19,20);4-5,8,10H,3,6-7,9H2,1-2H3,(H,16,17). The number of nitrogens with zero attached hydrogens (tertiary/aromatic N) is 7. The quantitative estimate of drug-likeness (QED) is 0.250. The van der Waals surface area contributed by atoms with E-state index in [2.05, 4.69) is 34.7 Å². The summed E-state index contributed by atoms with van der Waals surface area (Å²) in [6, 6.07) is 7.38. The summed E-state index contributed by atoms with van der Waals surface area (Å²) in [6.07, 6.45) is 6.93. The predicted octanol–water partition coefficient (Wildman–Crippen LogP) is 5.02. The Morgan fingerprint density at radius 1 is 0.936 bits per heavy atom. The Labute approximate surface area is 278 Å². The molecule has 14 nitrogen and oxygen atoms in total. The lowest BCUT2D eigenvalue weighted by Crippen LogP contribution is -2.35. The number of methoxy groups -OCH3 is 1. The number of rotatable bonds is 9. The first-order valence-corrected chi connectivity index (χ1v) is 15.9. The maximum Gasteiger partial charge on any atom is 0.415 e. The molecule has 47 heavy (non-hydrogen) atoms. The van der Waals surface area contributed by atoms with Crippen LogP contribution in [0.4, 0.5) is 27.8 Å². The Balaban J connectivity index is 0.000000185. The van der Waals surface area contributed by atoms with Crippen molar-refractivity contribution < 1.29 is 23.8 Å². The molecule has 0 fully saturated rings. The van der Waals surface area contributed by atoms with E-state index in [-0.39, 0.29) is 5.91 Å². The van der Waals surface area contributed by atoms with Crippen LogP contribution in [-0.2, 0) is 22.6 Å². The maximum atomic E-state index is 12.2. The van der Waals surface area contributed by atoms with E-state index in [9.17, 15) is 9.59 Å². The highest BCUT2D eigenvalue weighted by molar-refractivity contribution is 6.33. The average Bonchev–Trinajstić information content (AvgIpc) is 3.81. The topological polar surface area (TPSA) is 145 Å². The van der Waals surface area contributed by atoms with E-state index in [1.54, 1.807) is 42.1 Å². The van der Waals surface area contributed by atoms with Gasteiger partial charge in [0.25, 0.3) is 0 Å². The van der Waals surface area contributed by atoms with E-state index in [0.717, 1.165) is 29.3 Å². The molecule has 0 spiro atoms. The Morgan fingerprint density at radius 3 is 2.21 bits per heavy atom. The SMILES string of the molecule is CCC(=O)N(CC)c1cc(Cl)c2c(c1)N(Cc1cnc[nH]1)CCO2.CCN(C(=O)OC)c1ccc2c(n1)N(Cc1cnc[nH]1)CCO2. The summed E-state index contributed by atoms with van der Waals surface area (Å²) in [5.74, 6) is 2.71. The summed E-state index contributed by atoms with van der Waals surface area (Å²) in [4.78, 5) is 50.4. The van der Waals surface area contributed by atoms with Gasteiger partial charge in [-0.25, -0.2) is 19.7 Å². The average molecular weight is 666 g/mol. The number of carbonyl (C=O) groups is 2. The van der Waals surface area contributed by atoms with Gasteiger partial charge in [0, 0.05) is 37.6 Å². The van der Waals surface area contributed by atoms with Crippen LogP contribution in [0.3, 0.4) is 0 Å². The van der Waals surface area contributed by atoms with Crippen molar-refractivity contribution in [3.8, 4) is 11.5 Å². The molecule has 2 aliphatic rings. The van der Waals surface area contributed by atoms with E-state index in [0.29, 0.717) is 80.5 Å². The fraction of sp³-hybridized carbons (Fsp3) is 0.406. The molecule has 0 saturated heterocycles. The molecule has 0 bridgehead atoms. The van der Waals surface area contributed by atoms with Crippen molar-refractivity contribution in [3.63, 3.8) is 0 Å². The largest absolute Gasteiger partial charge is 0.488 e. The van der Waals surface area contributed by atoms with Crippen LogP contribution in [0.25, 0.3) is 0 Å². The highest BCUT2D eigenvalue weighted by atomic mass is 35.5. The minimum absolute atomic E-state index is 0.0744. The van der Waals surface area contributed by atoms with Gasteiger partial charge in [-0.2, -0.15) is 0 Å². The summed E-state index contributed by atoms with van der Waals surface area (Å²) in [5.41, 5.74) is 3.71. The second-order valence-electron chi connectivity index (χ2n) is 10.7. The Hall–Kier alpha value is -4.98. The molecule has 15 heteroatoms. The number of anilines is 4. The number of hydrogen-bond acceptors (Lipinski definition) is 10. The molecular weight excluding hydrogens is 626 g/mol. The van der Waals surface area contributed by atoms with Gasteiger partial charge < -0.3 is 38.9 Å². The molecule has 2 aliphatic heterocycles. The summed E-state index contributed by atoms with van der Waals surface area (Å²) in [7, 11) is 1.36. The smallest absolute Gasteiger partial charge is 0.415 e. The van der Waals surface area contributed by atoms with Crippen LogP contribution in [0.15, 0.2) is 49.3 Å². The number of halogens is 1. The highest BCUT2D eigenvalue weighted by Crippen LogP contribution is 2.42. The van der Waals surface area contributed by atoms with Crippen LogP contribution < -0.4 is 29.1 Å². The van der Waals surface area contributed by atoms with Crippen molar-refractivity contribution in [2.24, 2.45) is 0 Å². The molecule has 0 saturated carbocycles. The van der Waals surface area contributed by atoms with E-state index < -0.39 is 6.09 Å². The number of H-pyrrole nitrogens is 2. The third-order valence-electron chi connectivity index (χ3n) is 7.75. The zero-order chi connectivity index (χ0) is 33.3. The second-order valence-corrected chi connectivity index (χ2v) is 11.1. The van der Waals surface area contributed by atoms with Crippen molar-refractivity contribution in [3.05, 3.63) is 65.7 Å². The third-order valence-corrected chi connectivity index (χ3v) is 8.03. The zero-order valence-electron chi connectivity index (χ0n) is 27.0. The number of nitrogens with one attached hydrogen (secondary N) is 2. The number of carbonyl (C=O) groups excluding carboxylic acids is 2. The van der Waals surface area contributed by atoms with Crippen molar-refractivity contribution >= 4 is 46.6 Å². The molecular formula is C32H40ClN9O5. The van der Waals surface area contributed by atoms with Gasteiger partial charge in [0.05, 0.1) is 68.0 Å². The fourth-order valence-corrected chi connectivity index (χ4v) is 5.69. The predicted molar refractivity (Wildman–Crippen MR) is 180 cm³/mol. The van der Waals surface area contributed by atoms with Crippen LogP contribution in [-0.4, -0.2) is 83.4 Å². The van der Waals surface area contributed by atoms with Crippen molar-refractivity contribution in [2.45, 2.75) is 40.3 Å². The molecule has 0 aliphatic carbocycles. The van der Waals surface area contributed by atoms with E-state index in [1.807, 2.05) is 32.9 Å². The van der Waals surface area contributed by atoms with E-state index in [1.165, 1.54) is 12.0 Å². The van der Waals surface area contributed by atoms with Gasteiger partial charge >= 0.3 is 6.09 Å². The third kappa shape index (κ3) is 7.71. The molecule has 0 radical (unpaired) electrons. The van der Waals surface area contributed by atoms with E-state index in [4.69, 9.17) is 25.8 Å². The highest BCUT2D eigenvalue weighted by Gasteiger charge is 2.26. The second kappa shape index (κ2) is 15.5. The lowest BCUT2D eigenvalue weighted by atomic mass is 10.1. The van der Waals surface area contributed by atoms with E-state index >= 15 is 0 Å². The first-order chi connectivity index (χ1) is 22.9. The monoisotopic (exact) mass is 665 g/mol. The Kier molecular flexibility index (Phi) is 11.0. The number of ether oxygens (including phenoxy) is 3. The van der Waals surface area contributed by atoms with Crippen LogP contribution in [0.1, 0.15) is 38.6 Å². The fourth-order valence-electron chi connectivity index (χ4n) is 5.42. The van der Waals surface area contributed by atoms with Gasteiger partial charge in [-0.05, 0) is 38.1 Å². The van der Waals surface area contributed by atoms with Gasteiger partial charge in [0.2, 0.25) is 5.91 Å². The normalized spacial score (nSPS) is 13.3. The number of aromatic amines is 2. The number of amides is 2. The van der Waals surface area contributed by atoms with Crippen LogP contribution in [0.5, 0.6) is 11.5 Å². The molecule has 250 valence electrons. The maximum absolute atomic E-state index is 12.2. The molecule has 0 unspecified atom stereocenters. The van der Waals surface area contributed by atoms with Gasteiger partial charge in [-0.3, -0.25) is 9.69 Å². The lowest BCUT2D eigenvalue weighted by Gasteiger charge is -2.33. The van der Waals surface area contributed by atoms with Crippen molar-refractivity contribution in [1.82, 2.24) is 24.9 Å². The summed E-state index contributed by atoms with van der Waals surface area (Å²) in [5, 5.41) is 0.527. The van der Waals surface area contributed by atoms with Gasteiger partial charge in [-0.15, -0.1) is 0 Å². The number of pyridine rings is 1. The molecule has 2 N–H and O–H groups in total. The number of benzene rings is 1. The van der Waals surface area contributed by atoms with Gasteiger partial charge in [0.1, 0.15) is 19.0 Å². The lowest BCUT2D eigenvalue weighted by molar-refractivity contribution is -0.118. The summed E-state index contributed by atoms with van der Waals surface area (Å²) >= 11 is 6.43. The molecule has 0 atom stereocenters. The molecule has 1 aromatic carbocycles. The number of aromatic nitrogens is 5. The minimum atomic E-state index is -0.434. The summed E-state index contributed by atoms with van der Waals surface area (Å²) in [6.45, 7) is 10.7. The van der Waals surface area contributed by atoms with Crippen LogP contribution in [0, 0.1) is 0 Å². The molecule has 5 heterocycles. The first kappa shape index (κ1) is 33.4. The van der Waals surface area contributed by atoms with Crippen molar-refractivity contribution in [2.75, 3.05) is 66.1 Å². The Bertz CT molecular complexity index is 1630. The molecule has 4 aromatic rings. The minimum Gasteiger partial charge on any atom is -0.488 e. The molecule has 3 aromatic heterocycles. The molecule has 2 amide bonds. The first-order valence-electron chi connectivity index (χ1n) is 15.6. The van der Waals surface area contributed by atoms with Gasteiger partial charge in [-0.1, -0.05) is 18.5 Å². The van der Waals surface area contributed by atoms with Crippen LogP contribution >= 0.6 is 11.6 Å². The number of imidazole rings is 2. The van der Waals surface area contributed by atoms with Crippen molar-refractivity contribution in [1.29, 1.82) is 0 Å². The zero-order valence-corrected chi connectivity index (χ0v) is 27.8. The number of fused-ring (bicyclic) bond motifs is 2. The Morgan fingerprint density at radius 2 is 1.60 bits per heavy atom. The van der Waals surface area contributed by atoms with Gasteiger partial charge in [0.15, 0.2) is 17.3 Å². The summed E-state index contributed by atoms with van der Waals surface area (Å²) < 4.78 is 16.2.